The van der Waals surface area contributed by atoms with Gasteiger partial charge in [0.1, 0.15) is 0 Å². The summed E-state index contributed by atoms with van der Waals surface area (Å²) in [4.78, 5) is 28.8. The normalized spacial score (nSPS) is 17.7. The number of amides is 2. The molecule has 2 aliphatic heterocycles. The Kier molecular flexibility index (Phi) is 5.97. The van der Waals surface area contributed by atoms with E-state index in [1.807, 2.05) is 36.9 Å². The summed E-state index contributed by atoms with van der Waals surface area (Å²) in [6.45, 7) is 6.96. The molecule has 1 aromatic carbocycles. The number of benzene rings is 1. The van der Waals surface area contributed by atoms with Crippen molar-refractivity contribution in [2.75, 3.05) is 36.4 Å². The van der Waals surface area contributed by atoms with E-state index in [9.17, 15) is 9.59 Å². The molecule has 7 heteroatoms. The van der Waals surface area contributed by atoms with Gasteiger partial charge >= 0.3 is 0 Å². The third kappa shape index (κ3) is 4.45. The standard InChI is InChI=1S/C23H29N5O2/c1-16(2)23(30)27-11-8-18(9-12-27)17-3-5-20(6-4-17)26-22(29)19-14-28(15-19)21-7-10-24-25-13-21/h3-7,10,13,16,18-19H,8-9,11-12,14-15H2,1-2H3,(H,26,29). The molecule has 2 amide bonds. The van der Waals surface area contributed by atoms with Crippen LogP contribution in [0.5, 0.6) is 0 Å². The molecule has 2 aliphatic rings. The molecule has 0 bridgehead atoms. The molecule has 0 saturated carbocycles. The van der Waals surface area contributed by atoms with E-state index in [2.05, 4.69) is 32.5 Å². The average Bonchev–Trinajstić information content (AvgIpc) is 2.73. The van der Waals surface area contributed by atoms with E-state index >= 15 is 0 Å². The Morgan fingerprint density at radius 1 is 1.03 bits per heavy atom. The van der Waals surface area contributed by atoms with E-state index in [-0.39, 0.29) is 23.7 Å². The molecule has 30 heavy (non-hydrogen) atoms. The van der Waals surface area contributed by atoms with Crippen LogP contribution in [0.3, 0.4) is 0 Å². The van der Waals surface area contributed by atoms with Crippen LogP contribution < -0.4 is 10.2 Å². The molecule has 0 unspecified atom stereocenters. The number of hydrogen-bond donors (Lipinski definition) is 1. The minimum Gasteiger partial charge on any atom is -0.368 e. The van der Waals surface area contributed by atoms with Gasteiger partial charge in [-0.05, 0) is 42.5 Å². The lowest BCUT2D eigenvalue weighted by Crippen LogP contribution is -2.52. The molecular formula is C23H29N5O2. The van der Waals surface area contributed by atoms with Gasteiger partial charge in [0.25, 0.3) is 0 Å². The highest BCUT2D eigenvalue weighted by Crippen LogP contribution is 2.30. The fourth-order valence-electron chi connectivity index (χ4n) is 4.21. The van der Waals surface area contributed by atoms with Gasteiger partial charge in [0.15, 0.2) is 0 Å². The largest absolute Gasteiger partial charge is 0.368 e. The lowest BCUT2D eigenvalue weighted by molar-refractivity contribution is -0.135. The molecule has 4 rings (SSSR count). The summed E-state index contributed by atoms with van der Waals surface area (Å²) in [5, 5.41) is 10.7. The average molecular weight is 408 g/mol. The predicted octanol–water partition coefficient (Wildman–Crippen LogP) is 2.91. The summed E-state index contributed by atoms with van der Waals surface area (Å²) < 4.78 is 0. The molecule has 7 nitrogen and oxygen atoms in total. The van der Waals surface area contributed by atoms with E-state index in [0.29, 0.717) is 19.0 Å². The number of anilines is 2. The smallest absolute Gasteiger partial charge is 0.231 e. The number of carbonyl (C=O) groups excluding carboxylic acids is 2. The van der Waals surface area contributed by atoms with Gasteiger partial charge < -0.3 is 15.1 Å². The number of hydrogen-bond acceptors (Lipinski definition) is 5. The zero-order valence-corrected chi connectivity index (χ0v) is 17.6. The van der Waals surface area contributed by atoms with Gasteiger partial charge in [0.2, 0.25) is 11.8 Å². The third-order valence-corrected chi connectivity index (χ3v) is 6.14. The molecule has 158 valence electrons. The molecule has 1 aromatic heterocycles. The first kappa shape index (κ1) is 20.3. The second-order valence-corrected chi connectivity index (χ2v) is 8.57. The van der Waals surface area contributed by atoms with Crippen LogP contribution in [0.4, 0.5) is 11.4 Å². The van der Waals surface area contributed by atoms with Crippen LogP contribution in [0.25, 0.3) is 0 Å². The molecule has 2 aromatic rings. The minimum absolute atomic E-state index is 0.0133. The van der Waals surface area contributed by atoms with E-state index in [1.165, 1.54) is 5.56 Å². The van der Waals surface area contributed by atoms with Gasteiger partial charge in [-0.25, -0.2) is 0 Å². The molecule has 3 heterocycles. The SMILES string of the molecule is CC(C)C(=O)N1CCC(c2ccc(NC(=O)C3CN(c4ccnnc4)C3)cc2)CC1. The topological polar surface area (TPSA) is 78.4 Å². The summed E-state index contributed by atoms with van der Waals surface area (Å²) in [7, 11) is 0. The summed E-state index contributed by atoms with van der Waals surface area (Å²) in [6.07, 6.45) is 5.37. The predicted molar refractivity (Wildman–Crippen MR) is 116 cm³/mol. The fourth-order valence-corrected chi connectivity index (χ4v) is 4.21. The summed E-state index contributed by atoms with van der Waals surface area (Å²) in [5.74, 6) is 0.831. The number of likely N-dealkylation sites (tertiary alicyclic amines) is 1. The minimum atomic E-state index is -0.0133. The van der Waals surface area contributed by atoms with E-state index in [1.54, 1.807) is 12.4 Å². The van der Waals surface area contributed by atoms with Crippen molar-refractivity contribution in [2.45, 2.75) is 32.6 Å². The van der Waals surface area contributed by atoms with Gasteiger partial charge in [-0.3, -0.25) is 9.59 Å². The van der Waals surface area contributed by atoms with Crippen LogP contribution in [0.2, 0.25) is 0 Å². The van der Waals surface area contributed by atoms with E-state index in [0.717, 1.165) is 37.3 Å². The highest BCUT2D eigenvalue weighted by molar-refractivity contribution is 5.94. The van der Waals surface area contributed by atoms with Gasteiger partial charge in [-0.15, -0.1) is 0 Å². The summed E-state index contributed by atoms with van der Waals surface area (Å²) in [5.41, 5.74) is 3.12. The van der Waals surface area contributed by atoms with Crippen LogP contribution in [0.15, 0.2) is 42.7 Å². The maximum atomic E-state index is 12.5. The summed E-state index contributed by atoms with van der Waals surface area (Å²) >= 11 is 0. The van der Waals surface area contributed by atoms with Gasteiger partial charge in [0.05, 0.1) is 24.0 Å². The number of aromatic nitrogens is 2. The highest BCUT2D eigenvalue weighted by Gasteiger charge is 2.33. The molecule has 2 fully saturated rings. The van der Waals surface area contributed by atoms with Gasteiger partial charge in [-0.2, -0.15) is 10.2 Å². The lowest BCUT2D eigenvalue weighted by Gasteiger charge is -2.39. The number of rotatable bonds is 5. The summed E-state index contributed by atoms with van der Waals surface area (Å²) in [6, 6.07) is 10.1. The number of piperidine rings is 1. The van der Waals surface area contributed by atoms with Crippen molar-refractivity contribution in [3.8, 4) is 0 Å². The van der Waals surface area contributed by atoms with Crippen molar-refractivity contribution in [3.05, 3.63) is 48.3 Å². The first-order valence-electron chi connectivity index (χ1n) is 10.7. The quantitative estimate of drug-likeness (QED) is 0.825. The Hall–Kier alpha value is -2.96. The molecular weight excluding hydrogens is 378 g/mol. The van der Waals surface area contributed by atoms with Crippen molar-refractivity contribution in [1.82, 2.24) is 15.1 Å². The Morgan fingerprint density at radius 2 is 1.73 bits per heavy atom. The van der Waals surface area contributed by atoms with Crippen LogP contribution in [-0.4, -0.2) is 53.1 Å². The molecule has 2 saturated heterocycles. The van der Waals surface area contributed by atoms with Gasteiger partial charge in [-0.1, -0.05) is 26.0 Å². The van der Waals surface area contributed by atoms with Crippen molar-refractivity contribution in [1.29, 1.82) is 0 Å². The third-order valence-electron chi connectivity index (χ3n) is 6.14. The Morgan fingerprint density at radius 3 is 2.33 bits per heavy atom. The second kappa shape index (κ2) is 8.81. The number of carbonyl (C=O) groups is 2. The first-order chi connectivity index (χ1) is 14.5. The molecule has 0 atom stereocenters. The van der Waals surface area contributed by atoms with Crippen molar-refractivity contribution < 1.29 is 9.59 Å². The van der Waals surface area contributed by atoms with Crippen molar-refractivity contribution >= 4 is 23.2 Å². The van der Waals surface area contributed by atoms with Crippen LogP contribution in [-0.2, 0) is 9.59 Å². The number of nitrogens with one attached hydrogen (secondary N) is 1. The van der Waals surface area contributed by atoms with E-state index in [4.69, 9.17) is 0 Å². The van der Waals surface area contributed by atoms with Gasteiger partial charge in [0, 0.05) is 37.8 Å². The first-order valence-corrected chi connectivity index (χ1v) is 10.7. The van der Waals surface area contributed by atoms with Crippen molar-refractivity contribution in [2.24, 2.45) is 11.8 Å². The Labute approximate surface area is 177 Å². The fraction of sp³-hybridized carbons (Fsp3) is 0.478. The number of nitrogens with zero attached hydrogens (tertiary/aromatic N) is 4. The zero-order valence-electron chi connectivity index (χ0n) is 17.6. The van der Waals surface area contributed by atoms with Crippen LogP contribution in [0.1, 0.15) is 38.2 Å². The second-order valence-electron chi connectivity index (χ2n) is 8.57. The zero-order chi connectivity index (χ0) is 21.1. The highest BCUT2D eigenvalue weighted by atomic mass is 16.2. The Bertz CT molecular complexity index is 870. The van der Waals surface area contributed by atoms with Crippen molar-refractivity contribution in [3.63, 3.8) is 0 Å². The molecule has 1 N–H and O–H groups in total. The van der Waals surface area contributed by atoms with E-state index < -0.39 is 0 Å². The molecule has 0 aliphatic carbocycles. The maximum absolute atomic E-state index is 12.5. The lowest BCUT2D eigenvalue weighted by atomic mass is 9.89. The molecule has 0 spiro atoms. The molecule has 0 radical (unpaired) electrons. The monoisotopic (exact) mass is 407 g/mol. The Balaban J connectivity index is 1.25. The van der Waals surface area contributed by atoms with Crippen LogP contribution >= 0.6 is 0 Å². The maximum Gasteiger partial charge on any atom is 0.231 e. The van der Waals surface area contributed by atoms with Crippen LogP contribution in [0, 0.1) is 11.8 Å².